The second kappa shape index (κ2) is 10.8. The molecular weight excluding hydrogens is 544 g/mol. The minimum absolute atomic E-state index is 0.174. The Labute approximate surface area is 227 Å². The normalized spacial score (nSPS) is 10.8. The largest absolute Gasteiger partial charge is 0.300 e. The number of hydrogen-bond donors (Lipinski definition) is 2. The van der Waals surface area contributed by atoms with Crippen molar-refractivity contribution in [2.24, 2.45) is 0 Å². The molecule has 2 aromatic heterocycles. The van der Waals surface area contributed by atoms with Gasteiger partial charge in [0.2, 0.25) is 0 Å². The van der Waals surface area contributed by atoms with Crippen molar-refractivity contribution in [1.29, 1.82) is 0 Å². The number of benzene rings is 3. The standard InChI is InChI=1S/C30H23BrN4O3/c1-19(36)28-27(21-7-3-2-4-8-21)25-17-23(31)14-15-24(25)30(38)35(28)18-20-10-12-22(13-11-20)29(37)34-33-26-9-5-6-16-32-26/h2-17H,18H2,1H3,(H,32,33)(H,34,37). The monoisotopic (exact) mass is 566 g/mol. The van der Waals surface area contributed by atoms with Crippen molar-refractivity contribution in [3.05, 3.63) is 129 Å². The highest BCUT2D eigenvalue weighted by Crippen LogP contribution is 2.33. The van der Waals surface area contributed by atoms with E-state index < -0.39 is 0 Å². The van der Waals surface area contributed by atoms with Crippen LogP contribution in [0, 0.1) is 0 Å². The zero-order valence-electron chi connectivity index (χ0n) is 20.4. The lowest BCUT2D eigenvalue weighted by atomic mass is 9.95. The van der Waals surface area contributed by atoms with Crippen LogP contribution in [0.25, 0.3) is 21.9 Å². The molecule has 5 aromatic rings. The molecule has 38 heavy (non-hydrogen) atoms. The van der Waals surface area contributed by atoms with E-state index >= 15 is 0 Å². The van der Waals surface area contributed by atoms with E-state index in [1.165, 1.54) is 11.5 Å². The van der Waals surface area contributed by atoms with Gasteiger partial charge in [-0.05, 0) is 59.0 Å². The molecule has 2 N–H and O–H groups in total. The highest BCUT2D eigenvalue weighted by molar-refractivity contribution is 9.10. The van der Waals surface area contributed by atoms with Crippen molar-refractivity contribution in [2.45, 2.75) is 13.5 Å². The van der Waals surface area contributed by atoms with Crippen LogP contribution in [0.15, 0.2) is 106 Å². The molecular formula is C30H23BrN4O3. The number of fused-ring (bicyclic) bond motifs is 1. The number of rotatable bonds is 7. The van der Waals surface area contributed by atoms with Crippen LogP contribution in [0.5, 0.6) is 0 Å². The van der Waals surface area contributed by atoms with Gasteiger partial charge in [-0.15, -0.1) is 0 Å². The molecule has 0 atom stereocenters. The summed E-state index contributed by atoms with van der Waals surface area (Å²) in [6.07, 6.45) is 1.62. The van der Waals surface area contributed by atoms with Gasteiger partial charge >= 0.3 is 0 Å². The molecule has 0 radical (unpaired) electrons. The molecule has 0 aliphatic heterocycles. The van der Waals surface area contributed by atoms with Crippen LogP contribution in [0.2, 0.25) is 0 Å². The third-order valence-corrected chi connectivity index (χ3v) is 6.65. The summed E-state index contributed by atoms with van der Waals surface area (Å²) in [4.78, 5) is 43.4. The van der Waals surface area contributed by atoms with Crippen molar-refractivity contribution < 1.29 is 9.59 Å². The number of carbonyl (C=O) groups is 2. The average Bonchev–Trinajstić information content (AvgIpc) is 2.94. The molecule has 0 saturated carbocycles. The molecule has 188 valence electrons. The Morgan fingerprint density at radius 2 is 1.63 bits per heavy atom. The van der Waals surface area contributed by atoms with Gasteiger partial charge in [0.1, 0.15) is 5.82 Å². The summed E-state index contributed by atoms with van der Waals surface area (Å²) in [5.41, 5.74) is 8.25. The Bertz CT molecular complexity index is 1700. The molecule has 7 nitrogen and oxygen atoms in total. The predicted molar refractivity (Wildman–Crippen MR) is 152 cm³/mol. The highest BCUT2D eigenvalue weighted by atomic mass is 79.9. The Balaban J connectivity index is 1.52. The first-order valence-corrected chi connectivity index (χ1v) is 12.7. The van der Waals surface area contributed by atoms with Gasteiger partial charge in [0.25, 0.3) is 11.5 Å². The Morgan fingerprint density at radius 3 is 2.32 bits per heavy atom. The lowest BCUT2D eigenvalue weighted by Gasteiger charge is -2.19. The summed E-state index contributed by atoms with van der Waals surface area (Å²) >= 11 is 3.51. The first kappa shape index (κ1) is 25.1. The molecule has 0 fully saturated rings. The van der Waals surface area contributed by atoms with Gasteiger partial charge in [-0.2, -0.15) is 0 Å². The Kier molecular flexibility index (Phi) is 7.15. The number of hydrazine groups is 1. The SMILES string of the molecule is CC(=O)c1c(-c2ccccc2)c2cc(Br)ccc2c(=O)n1Cc1ccc(C(=O)NNc2ccccn2)cc1. The number of pyridine rings is 2. The predicted octanol–water partition coefficient (Wildman–Crippen LogP) is 5.83. The van der Waals surface area contributed by atoms with Crippen LogP contribution in [-0.2, 0) is 6.54 Å². The molecule has 2 heterocycles. The number of Topliss-reactive ketones (excluding diaryl/α,β-unsaturated/α-hetero) is 1. The average molecular weight is 567 g/mol. The molecule has 0 spiro atoms. The lowest BCUT2D eigenvalue weighted by Crippen LogP contribution is -2.30. The number of carbonyl (C=O) groups excluding carboxylic acids is 2. The van der Waals surface area contributed by atoms with Gasteiger partial charge in [-0.3, -0.25) is 29.8 Å². The number of anilines is 1. The van der Waals surface area contributed by atoms with E-state index in [0.717, 1.165) is 15.6 Å². The van der Waals surface area contributed by atoms with Gasteiger partial charge in [-0.25, -0.2) is 4.98 Å². The summed E-state index contributed by atoms with van der Waals surface area (Å²) in [5, 5.41) is 1.23. The van der Waals surface area contributed by atoms with Crippen molar-refractivity contribution >= 4 is 44.2 Å². The molecule has 3 aromatic carbocycles. The fourth-order valence-corrected chi connectivity index (χ4v) is 4.77. The molecule has 1 amide bonds. The van der Waals surface area contributed by atoms with E-state index in [9.17, 15) is 14.4 Å². The smallest absolute Gasteiger partial charge is 0.269 e. The zero-order valence-corrected chi connectivity index (χ0v) is 22.0. The summed E-state index contributed by atoms with van der Waals surface area (Å²) in [7, 11) is 0. The van der Waals surface area contributed by atoms with E-state index in [-0.39, 0.29) is 23.8 Å². The topological polar surface area (TPSA) is 93.1 Å². The molecule has 0 aliphatic carbocycles. The van der Waals surface area contributed by atoms with Crippen molar-refractivity contribution in [3.63, 3.8) is 0 Å². The van der Waals surface area contributed by atoms with Crippen LogP contribution in [0.3, 0.4) is 0 Å². The highest BCUT2D eigenvalue weighted by Gasteiger charge is 2.21. The van der Waals surface area contributed by atoms with Crippen LogP contribution in [0.4, 0.5) is 5.82 Å². The molecule has 0 bridgehead atoms. The number of nitrogens with zero attached hydrogens (tertiary/aromatic N) is 2. The van der Waals surface area contributed by atoms with E-state index in [0.29, 0.717) is 33.4 Å². The van der Waals surface area contributed by atoms with Crippen LogP contribution in [0.1, 0.15) is 33.3 Å². The lowest BCUT2D eigenvalue weighted by molar-refractivity contribution is 0.0961. The molecule has 5 rings (SSSR count). The van der Waals surface area contributed by atoms with Gasteiger partial charge in [-0.1, -0.05) is 64.5 Å². The Morgan fingerprint density at radius 1 is 0.895 bits per heavy atom. The Hall–Kier alpha value is -4.56. The first-order valence-electron chi connectivity index (χ1n) is 11.9. The zero-order chi connectivity index (χ0) is 26.6. The third-order valence-electron chi connectivity index (χ3n) is 6.15. The quantitative estimate of drug-likeness (QED) is 0.191. The first-order chi connectivity index (χ1) is 18.4. The van der Waals surface area contributed by atoms with Crippen LogP contribution < -0.4 is 16.4 Å². The summed E-state index contributed by atoms with van der Waals surface area (Å²) < 4.78 is 2.35. The van der Waals surface area contributed by atoms with E-state index in [1.807, 2.05) is 48.5 Å². The molecule has 0 unspecified atom stereocenters. The van der Waals surface area contributed by atoms with Crippen molar-refractivity contribution in [3.8, 4) is 11.1 Å². The fourth-order valence-electron chi connectivity index (χ4n) is 4.41. The second-order valence-corrected chi connectivity index (χ2v) is 9.63. The molecule has 0 saturated heterocycles. The van der Waals surface area contributed by atoms with Gasteiger partial charge < -0.3 is 0 Å². The van der Waals surface area contributed by atoms with Crippen LogP contribution in [-0.4, -0.2) is 21.2 Å². The number of nitrogens with one attached hydrogen (secondary N) is 2. The van der Waals surface area contributed by atoms with Crippen molar-refractivity contribution in [2.75, 3.05) is 5.43 Å². The van der Waals surface area contributed by atoms with Crippen molar-refractivity contribution in [1.82, 2.24) is 15.0 Å². The third kappa shape index (κ3) is 5.12. The maximum atomic E-state index is 13.7. The minimum Gasteiger partial charge on any atom is -0.300 e. The summed E-state index contributed by atoms with van der Waals surface area (Å²) in [6, 6.07) is 27.3. The van der Waals surface area contributed by atoms with Gasteiger partial charge in [0.05, 0.1) is 12.2 Å². The minimum atomic E-state index is -0.327. The number of halogens is 1. The van der Waals surface area contributed by atoms with E-state index in [2.05, 4.69) is 31.8 Å². The van der Waals surface area contributed by atoms with Gasteiger partial charge in [0.15, 0.2) is 5.78 Å². The number of amides is 1. The van der Waals surface area contributed by atoms with Crippen LogP contribution >= 0.6 is 15.9 Å². The molecule has 8 heteroatoms. The fraction of sp³-hybridized carbons (Fsp3) is 0.0667. The maximum absolute atomic E-state index is 13.7. The number of aromatic nitrogens is 2. The second-order valence-electron chi connectivity index (χ2n) is 8.72. The number of ketones is 1. The summed E-state index contributed by atoms with van der Waals surface area (Å²) in [5.74, 6) is -0.0166. The number of hydrogen-bond acceptors (Lipinski definition) is 5. The van der Waals surface area contributed by atoms with E-state index in [4.69, 9.17) is 0 Å². The summed E-state index contributed by atoms with van der Waals surface area (Å²) in [6.45, 7) is 1.65. The van der Waals surface area contributed by atoms with Gasteiger partial charge in [0, 0.05) is 34.1 Å². The maximum Gasteiger partial charge on any atom is 0.269 e. The molecule has 0 aliphatic rings. The van der Waals surface area contributed by atoms with E-state index in [1.54, 1.807) is 48.7 Å².